The number of sulfonamides is 1. The van der Waals surface area contributed by atoms with Crippen molar-refractivity contribution in [1.82, 2.24) is 10.2 Å². The monoisotopic (exact) mass is 695 g/mol. The lowest BCUT2D eigenvalue weighted by molar-refractivity contribution is -0.140. The highest BCUT2D eigenvalue weighted by Crippen LogP contribution is 2.27. The van der Waals surface area contributed by atoms with Crippen LogP contribution in [0.3, 0.4) is 0 Å². The molecule has 0 bridgehead atoms. The third-order valence-corrected chi connectivity index (χ3v) is 9.98. The minimum atomic E-state index is -4.16. The molecule has 44 heavy (non-hydrogen) atoms. The van der Waals surface area contributed by atoms with Gasteiger partial charge in [0.1, 0.15) is 12.6 Å². The molecular weight excluding hydrogens is 662 g/mol. The summed E-state index contributed by atoms with van der Waals surface area (Å²) in [5, 5.41) is 3.47. The van der Waals surface area contributed by atoms with Crippen molar-refractivity contribution in [2.75, 3.05) is 10.8 Å². The third-order valence-electron chi connectivity index (χ3n) is 7.30. The zero-order chi connectivity index (χ0) is 31.7. The summed E-state index contributed by atoms with van der Waals surface area (Å²) in [5.74, 6) is -0.878. The van der Waals surface area contributed by atoms with Crippen molar-refractivity contribution in [3.05, 3.63) is 130 Å². The van der Waals surface area contributed by atoms with Crippen molar-refractivity contribution in [3.8, 4) is 0 Å². The van der Waals surface area contributed by atoms with E-state index in [4.69, 9.17) is 11.6 Å². The molecule has 4 aromatic rings. The van der Waals surface area contributed by atoms with E-state index in [2.05, 4.69) is 21.2 Å². The van der Waals surface area contributed by atoms with Crippen molar-refractivity contribution in [3.63, 3.8) is 0 Å². The van der Waals surface area contributed by atoms with Gasteiger partial charge in [0.25, 0.3) is 10.0 Å². The minimum absolute atomic E-state index is 0.00347. The average Bonchev–Trinajstić information content (AvgIpc) is 3.03. The van der Waals surface area contributed by atoms with E-state index in [1.807, 2.05) is 50.2 Å². The number of nitrogens with one attached hydrogen (secondary N) is 1. The molecule has 230 valence electrons. The predicted octanol–water partition coefficient (Wildman–Crippen LogP) is 6.85. The van der Waals surface area contributed by atoms with Gasteiger partial charge < -0.3 is 10.2 Å². The number of hydrogen-bond donors (Lipinski definition) is 1. The Morgan fingerprint density at radius 3 is 2.07 bits per heavy atom. The van der Waals surface area contributed by atoms with Gasteiger partial charge in [-0.15, -0.1) is 0 Å². The zero-order valence-electron chi connectivity index (χ0n) is 24.6. The van der Waals surface area contributed by atoms with E-state index >= 15 is 0 Å². The molecule has 0 aliphatic heterocycles. The van der Waals surface area contributed by atoms with E-state index in [9.17, 15) is 18.0 Å². The van der Waals surface area contributed by atoms with Gasteiger partial charge in [0.15, 0.2) is 0 Å². The lowest BCUT2D eigenvalue weighted by Gasteiger charge is -2.34. The fourth-order valence-electron chi connectivity index (χ4n) is 4.66. The van der Waals surface area contributed by atoms with Crippen LogP contribution >= 0.6 is 27.5 Å². The first-order chi connectivity index (χ1) is 21.1. The van der Waals surface area contributed by atoms with E-state index in [1.165, 1.54) is 17.0 Å². The van der Waals surface area contributed by atoms with E-state index in [0.29, 0.717) is 22.7 Å². The fourth-order valence-corrected chi connectivity index (χ4v) is 6.56. The first kappa shape index (κ1) is 33.2. The van der Waals surface area contributed by atoms with Crippen LogP contribution in [-0.4, -0.2) is 43.8 Å². The van der Waals surface area contributed by atoms with E-state index in [-0.39, 0.29) is 29.8 Å². The third kappa shape index (κ3) is 8.49. The lowest BCUT2D eigenvalue weighted by atomic mass is 10.0. The van der Waals surface area contributed by atoms with Crippen molar-refractivity contribution in [1.29, 1.82) is 0 Å². The highest BCUT2D eigenvalue weighted by Gasteiger charge is 2.35. The maximum absolute atomic E-state index is 14.5. The summed E-state index contributed by atoms with van der Waals surface area (Å²) in [7, 11) is -4.16. The Bertz CT molecular complexity index is 1660. The number of amides is 2. The van der Waals surface area contributed by atoms with Crippen LogP contribution in [0.5, 0.6) is 0 Å². The highest BCUT2D eigenvalue weighted by atomic mass is 79.9. The van der Waals surface area contributed by atoms with Gasteiger partial charge in [-0.25, -0.2) is 8.42 Å². The molecule has 2 unspecified atom stereocenters. The SMILES string of the molecule is CCC(C)NC(=O)C(Cc1ccccc1)N(Cc1ccccc1Cl)C(=O)CN(c1ccc(Br)cc1)S(=O)(=O)c1ccccc1. The fraction of sp³-hybridized carbons (Fsp3) is 0.235. The standard InChI is InChI=1S/C34H35BrClN3O4S/c1-3-25(2)37-34(41)32(22-26-12-6-4-7-13-26)38(23-27-14-10-11-17-31(27)36)33(40)24-39(29-20-18-28(35)19-21-29)44(42,43)30-15-8-5-9-16-30/h4-21,25,32H,3,22-24H2,1-2H3,(H,37,41). The molecule has 0 saturated carbocycles. The molecule has 0 saturated heterocycles. The molecule has 10 heteroatoms. The normalized spacial score (nSPS) is 12.6. The first-order valence-electron chi connectivity index (χ1n) is 14.3. The molecule has 0 radical (unpaired) electrons. The van der Waals surface area contributed by atoms with Crippen LogP contribution in [0.4, 0.5) is 5.69 Å². The van der Waals surface area contributed by atoms with Crippen molar-refractivity contribution < 1.29 is 18.0 Å². The van der Waals surface area contributed by atoms with Crippen molar-refractivity contribution in [2.24, 2.45) is 0 Å². The van der Waals surface area contributed by atoms with Gasteiger partial charge >= 0.3 is 0 Å². The van der Waals surface area contributed by atoms with Gasteiger partial charge in [-0.3, -0.25) is 13.9 Å². The van der Waals surface area contributed by atoms with Crippen LogP contribution in [0.1, 0.15) is 31.4 Å². The molecule has 0 aromatic heterocycles. The quantitative estimate of drug-likeness (QED) is 0.166. The molecule has 1 N–H and O–H groups in total. The Morgan fingerprint density at radius 1 is 0.864 bits per heavy atom. The number of hydrogen-bond acceptors (Lipinski definition) is 4. The van der Waals surface area contributed by atoms with Gasteiger partial charge in [0.05, 0.1) is 10.6 Å². The largest absolute Gasteiger partial charge is 0.352 e. The number of anilines is 1. The molecule has 2 atom stereocenters. The summed E-state index contributed by atoms with van der Waals surface area (Å²) in [6.07, 6.45) is 0.929. The smallest absolute Gasteiger partial charge is 0.264 e. The second-order valence-electron chi connectivity index (χ2n) is 10.4. The molecular formula is C34H35BrClN3O4S. The van der Waals surface area contributed by atoms with Crippen LogP contribution in [-0.2, 0) is 32.6 Å². The second-order valence-corrected chi connectivity index (χ2v) is 13.6. The number of benzene rings is 4. The number of nitrogens with zero attached hydrogens (tertiary/aromatic N) is 2. The molecule has 0 aliphatic carbocycles. The van der Waals surface area contributed by atoms with Crippen molar-refractivity contribution >= 4 is 55.1 Å². The van der Waals surface area contributed by atoms with Crippen LogP contribution in [0, 0.1) is 0 Å². The van der Waals surface area contributed by atoms with Gasteiger partial charge in [0, 0.05) is 28.5 Å². The van der Waals surface area contributed by atoms with Crippen LogP contribution in [0.25, 0.3) is 0 Å². The van der Waals surface area contributed by atoms with Crippen LogP contribution in [0.15, 0.2) is 119 Å². The predicted molar refractivity (Wildman–Crippen MR) is 179 cm³/mol. The zero-order valence-corrected chi connectivity index (χ0v) is 27.7. The topological polar surface area (TPSA) is 86.8 Å². The number of carbonyl (C=O) groups is 2. The average molecular weight is 697 g/mol. The second kappa shape index (κ2) is 15.4. The molecule has 0 spiro atoms. The number of rotatable bonds is 13. The summed E-state index contributed by atoms with van der Waals surface area (Å²) >= 11 is 9.94. The van der Waals surface area contributed by atoms with E-state index in [1.54, 1.807) is 60.7 Å². The van der Waals surface area contributed by atoms with Crippen LogP contribution in [0.2, 0.25) is 5.02 Å². The summed E-state index contributed by atoms with van der Waals surface area (Å²) < 4.78 is 29.9. The van der Waals surface area contributed by atoms with E-state index < -0.39 is 28.5 Å². The number of carbonyl (C=O) groups excluding carboxylic acids is 2. The minimum Gasteiger partial charge on any atom is -0.352 e. The first-order valence-corrected chi connectivity index (χ1v) is 16.9. The Hall–Kier alpha value is -3.66. The molecule has 2 amide bonds. The van der Waals surface area contributed by atoms with E-state index in [0.717, 1.165) is 14.3 Å². The summed E-state index contributed by atoms with van der Waals surface area (Å²) in [6, 6.07) is 30.1. The maximum atomic E-state index is 14.5. The summed E-state index contributed by atoms with van der Waals surface area (Å²) in [5.41, 5.74) is 1.81. The van der Waals surface area contributed by atoms with Gasteiger partial charge in [-0.05, 0) is 66.9 Å². The Kier molecular flexibility index (Phi) is 11.6. The maximum Gasteiger partial charge on any atom is 0.264 e. The summed E-state index contributed by atoms with van der Waals surface area (Å²) in [4.78, 5) is 29.8. The van der Waals surface area contributed by atoms with Gasteiger partial charge in [-0.1, -0.05) is 101 Å². The van der Waals surface area contributed by atoms with Gasteiger partial charge in [0.2, 0.25) is 11.8 Å². The van der Waals surface area contributed by atoms with Crippen molar-refractivity contribution in [2.45, 2.75) is 50.2 Å². The molecule has 4 aromatic carbocycles. The lowest BCUT2D eigenvalue weighted by Crippen LogP contribution is -2.54. The molecule has 7 nitrogen and oxygen atoms in total. The Balaban J connectivity index is 1.80. The molecule has 0 fully saturated rings. The van der Waals surface area contributed by atoms with Gasteiger partial charge in [-0.2, -0.15) is 0 Å². The number of halogens is 2. The molecule has 4 rings (SSSR count). The summed E-state index contributed by atoms with van der Waals surface area (Å²) in [6.45, 7) is 3.34. The molecule has 0 aliphatic rings. The Labute approximate surface area is 273 Å². The molecule has 0 heterocycles. The van der Waals surface area contributed by atoms with Crippen LogP contribution < -0.4 is 9.62 Å². The Morgan fingerprint density at radius 2 is 1.45 bits per heavy atom. The highest BCUT2D eigenvalue weighted by molar-refractivity contribution is 9.10.